The number of benzene rings is 1. The number of hydrogen-bond donors (Lipinski definition) is 3. The third-order valence-electron chi connectivity index (χ3n) is 3.96. The maximum atomic E-state index is 12.4. The highest BCUT2D eigenvalue weighted by molar-refractivity contribution is 7.89. The van der Waals surface area contributed by atoms with E-state index in [2.05, 4.69) is 15.6 Å². The van der Waals surface area contributed by atoms with Gasteiger partial charge in [0.1, 0.15) is 0 Å². The number of hydrazine groups is 1. The third-order valence-corrected chi connectivity index (χ3v) is 6.29. The first-order valence-corrected chi connectivity index (χ1v) is 11.3. The molecule has 9 nitrogen and oxygen atoms in total. The smallest absolute Gasteiger partial charge is 0.279 e. The molecule has 0 spiro atoms. The van der Waals surface area contributed by atoms with Gasteiger partial charge in [0.05, 0.1) is 23.0 Å². The quantitative estimate of drug-likeness (QED) is 0.443. The molecule has 2 heterocycles. The van der Waals surface area contributed by atoms with E-state index in [-0.39, 0.29) is 24.3 Å². The molecule has 3 N–H and O–H groups in total. The predicted molar refractivity (Wildman–Crippen MR) is 106 cm³/mol. The van der Waals surface area contributed by atoms with E-state index in [0.717, 1.165) is 6.42 Å². The highest BCUT2D eigenvalue weighted by Gasteiger charge is 2.18. The van der Waals surface area contributed by atoms with Gasteiger partial charge in [-0.3, -0.25) is 20.4 Å². The van der Waals surface area contributed by atoms with Gasteiger partial charge in [0.25, 0.3) is 5.91 Å². The van der Waals surface area contributed by atoms with E-state index in [1.165, 1.54) is 23.5 Å². The van der Waals surface area contributed by atoms with Gasteiger partial charge < -0.3 is 9.47 Å². The number of nitrogens with one attached hydrogen (secondary N) is 3. The van der Waals surface area contributed by atoms with E-state index in [1.807, 2.05) is 0 Å². The van der Waals surface area contributed by atoms with Crippen molar-refractivity contribution in [3.8, 4) is 11.5 Å². The Balaban J connectivity index is 1.43. The number of carbonyl (C=O) groups is 2. The molecule has 0 atom stereocenters. The second kappa shape index (κ2) is 9.72. The predicted octanol–water partition coefficient (Wildman–Crippen LogP) is 1.43. The molecule has 2 aromatic rings. The van der Waals surface area contributed by atoms with Crippen molar-refractivity contribution in [1.29, 1.82) is 0 Å². The van der Waals surface area contributed by atoms with Crippen LogP contribution in [0, 0.1) is 0 Å². The molecule has 1 aromatic carbocycles. The molecule has 3 rings (SSSR count). The first-order valence-electron chi connectivity index (χ1n) is 8.98. The molecule has 1 aromatic heterocycles. The highest BCUT2D eigenvalue weighted by atomic mass is 32.2. The summed E-state index contributed by atoms with van der Waals surface area (Å²) in [7, 11) is -3.74. The Morgan fingerprint density at radius 2 is 1.86 bits per heavy atom. The largest absolute Gasteiger partial charge is 0.490 e. The van der Waals surface area contributed by atoms with Gasteiger partial charge in [-0.2, -0.15) is 0 Å². The summed E-state index contributed by atoms with van der Waals surface area (Å²) in [6.07, 6.45) is 1.05. The molecule has 0 unspecified atom stereocenters. The lowest BCUT2D eigenvalue weighted by Gasteiger charge is -2.11. The van der Waals surface area contributed by atoms with Crippen molar-refractivity contribution in [3.05, 3.63) is 40.6 Å². The van der Waals surface area contributed by atoms with Gasteiger partial charge in [-0.1, -0.05) is 6.07 Å². The van der Waals surface area contributed by atoms with Gasteiger partial charge in [0.2, 0.25) is 15.9 Å². The van der Waals surface area contributed by atoms with Crippen LogP contribution in [0.25, 0.3) is 0 Å². The van der Waals surface area contributed by atoms with Crippen LogP contribution in [0.5, 0.6) is 11.5 Å². The maximum absolute atomic E-state index is 12.4. The summed E-state index contributed by atoms with van der Waals surface area (Å²) in [5.74, 6) is 0.0992. The second-order valence-electron chi connectivity index (χ2n) is 6.14. The van der Waals surface area contributed by atoms with Gasteiger partial charge in [0.15, 0.2) is 11.5 Å². The van der Waals surface area contributed by atoms with Gasteiger partial charge in [-0.05, 0) is 30.0 Å². The van der Waals surface area contributed by atoms with Crippen molar-refractivity contribution in [1.82, 2.24) is 15.6 Å². The van der Waals surface area contributed by atoms with E-state index >= 15 is 0 Å². The molecule has 2 amide bonds. The monoisotopic (exact) mass is 439 g/mol. The Morgan fingerprint density at radius 1 is 1.07 bits per heavy atom. The Kier molecular flexibility index (Phi) is 7.07. The summed E-state index contributed by atoms with van der Waals surface area (Å²) in [4.78, 5) is 24.0. The fourth-order valence-electron chi connectivity index (χ4n) is 2.51. The minimum Gasteiger partial charge on any atom is -0.490 e. The van der Waals surface area contributed by atoms with Crippen molar-refractivity contribution in [2.24, 2.45) is 0 Å². The van der Waals surface area contributed by atoms with Gasteiger partial charge in [0, 0.05) is 25.5 Å². The molecule has 0 saturated carbocycles. The summed E-state index contributed by atoms with van der Waals surface area (Å²) in [5.41, 5.74) is 4.61. The van der Waals surface area contributed by atoms with Crippen LogP contribution in [0.2, 0.25) is 0 Å². The number of thiophene rings is 1. The zero-order valence-electron chi connectivity index (χ0n) is 15.5. The van der Waals surface area contributed by atoms with Crippen LogP contribution in [-0.4, -0.2) is 40.0 Å². The number of hydrogen-bond acceptors (Lipinski definition) is 7. The molecule has 0 aliphatic carbocycles. The first-order chi connectivity index (χ1) is 14.0. The Bertz CT molecular complexity index is 960. The summed E-state index contributed by atoms with van der Waals surface area (Å²) in [5, 5.41) is 1.76. The minimum absolute atomic E-state index is 0.0500. The third kappa shape index (κ3) is 5.92. The number of fused-ring (bicyclic) bond motifs is 1. The molecule has 0 bridgehead atoms. The van der Waals surface area contributed by atoms with Gasteiger partial charge in [-0.25, -0.2) is 13.1 Å². The van der Waals surface area contributed by atoms with Gasteiger partial charge >= 0.3 is 0 Å². The van der Waals surface area contributed by atoms with Crippen molar-refractivity contribution in [2.45, 2.75) is 24.2 Å². The summed E-state index contributed by atoms with van der Waals surface area (Å²) >= 11 is 1.26. The van der Waals surface area contributed by atoms with E-state index < -0.39 is 21.8 Å². The fourth-order valence-corrected chi connectivity index (χ4v) is 4.22. The van der Waals surface area contributed by atoms with Crippen molar-refractivity contribution in [3.63, 3.8) is 0 Å². The molecular weight excluding hydrogens is 418 g/mol. The second-order valence-corrected chi connectivity index (χ2v) is 8.85. The topological polar surface area (TPSA) is 123 Å². The lowest BCUT2D eigenvalue weighted by molar-refractivity contribution is -0.121. The zero-order chi connectivity index (χ0) is 20.7. The summed E-state index contributed by atoms with van der Waals surface area (Å²) < 4.78 is 38.3. The highest BCUT2D eigenvalue weighted by Crippen LogP contribution is 2.31. The van der Waals surface area contributed by atoms with E-state index in [1.54, 1.807) is 23.6 Å². The lowest BCUT2D eigenvalue weighted by atomic mass is 10.3. The Hall–Kier alpha value is -2.63. The Morgan fingerprint density at radius 3 is 2.62 bits per heavy atom. The minimum atomic E-state index is -3.74. The van der Waals surface area contributed by atoms with Gasteiger partial charge in [-0.15, -0.1) is 11.3 Å². The average molecular weight is 440 g/mol. The number of carbonyl (C=O) groups excluding carboxylic acids is 2. The first kappa shape index (κ1) is 21.1. The van der Waals surface area contributed by atoms with Crippen molar-refractivity contribution in [2.75, 3.05) is 19.8 Å². The van der Waals surface area contributed by atoms with Crippen LogP contribution in [0.4, 0.5) is 0 Å². The van der Waals surface area contributed by atoms with Crippen LogP contribution >= 0.6 is 11.3 Å². The molecule has 11 heteroatoms. The van der Waals surface area contributed by atoms with Crippen molar-refractivity contribution >= 4 is 33.2 Å². The SMILES string of the molecule is O=C(CCCNS(=O)(=O)c1ccc2c(c1)OCCCO2)NNC(=O)c1cccs1. The standard InChI is InChI=1S/C18H21N3O6S2/c22-17(20-21-18(23)16-4-2-11-28-16)5-1-8-19-29(24,25)13-6-7-14-15(12-13)27-10-3-9-26-14/h2,4,6-7,11-12,19H,1,3,5,8-10H2,(H,20,22)(H,21,23). The van der Waals surface area contributed by atoms with Crippen LogP contribution in [-0.2, 0) is 14.8 Å². The van der Waals surface area contributed by atoms with Crippen molar-refractivity contribution < 1.29 is 27.5 Å². The van der Waals surface area contributed by atoms with Crippen LogP contribution < -0.4 is 25.0 Å². The van der Waals surface area contributed by atoms with Crippen LogP contribution in [0.1, 0.15) is 28.9 Å². The lowest BCUT2D eigenvalue weighted by Crippen LogP contribution is -2.41. The Labute approximate surface area is 172 Å². The normalized spacial score (nSPS) is 13.4. The molecule has 0 saturated heterocycles. The number of sulfonamides is 1. The maximum Gasteiger partial charge on any atom is 0.279 e. The molecule has 0 fully saturated rings. The fraction of sp³-hybridized carbons (Fsp3) is 0.333. The number of amides is 2. The molecule has 156 valence electrons. The zero-order valence-corrected chi connectivity index (χ0v) is 17.1. The van der Waals surface area contributed by atoms with Crippen LogP contribution in [0.15, 0.2) is 40.6 Å². The number of ether oxygens (including phenoxy) is 2. The average Bonchev–Trinajstić information content (AvgIpc) is 3.15. The molecular formula is C18H21N3O6S2. The van der Waals surface area contributed by atoms with E-state index in [0.29, 0.717) is 29.6 Å². The summed E-state index contributed by atoms with van der Waals surface area (Å²) in [6, 6.07) is 7.81. The van der Waals surface area contributed by atoms with Crippen LogP contribution in [0.3, 0.4) is 0 Å². The van der Waals surface area contributed by atoms with E-state index in [9.17, 15) is 18.0 Å². The molecule has 0 radical (unpaired) electrons. The van der Waals surface area contributed by atoms with E-state index in [4.69, 9.17) is 9.47 Å². The number of rotatable bonds is 7. The molecule has 1 aliphatic heterocycles. The summed E-state index contributed by atoms with van der Waals surface area (Å²) in [6.45, 7) is 1.05. The molecule has 29 heavy (non-hydrogen) atoms. The molecule has 1 aliphatic rings.